The summed E-state index contributed by atoms with van der Waals surface area (Å²) >= 11 is 1.55. The second kappa shape index (κ2) is 13.0. The molecule has 0 aliphatic rings. The first-order valence-corrected chi connectivity index (χ1v) is 15.1. The van der Waals surface area contributed by atoms with Crippen LogP contribution >= 0.6 is 11.8 Å². The van der Waals surface area contributed by atoms with E-state index >= 15 is 0 Å². The number of hydrogen-bond donors (Lipinski definition) is 2. The number of para-hydroxylation sites is 1. The SMILES string of the molecule is COc1ccc(-n2c(SCc3ccccn3)nnc2[C@H](Cc2ccccc2)NC(=O)Cc2c(C)[nH]c3ccccc23)cc1. The number of methoxy groups -OCH3 is 1. The molecule has 0 aliphatic carbocycles. The highest BCUT2D eigenvalue weighted by Gasteiger charge is 2.26. The largest absolute Gasteiger partial charge is 0.497 e. The maximum atomic E-state index is 13.7. The number of fused-ring (bicyclic) bond motifs is 1. The minimum Gasteiger partial charge on any atom is -0.497 e. The van der Waals surface area contributed by atoms with Gasteiger partial charge in [0.25, 0.3) is 0 Å². The van der Waals surface area contributed by atoms with Crippen LogP contribution in [0.3, 0.4) is 0 Å². The van der Waals surface area contributed by atoms with E-state index in [0.29, 0.717) is 23.2 Å². The molecule has 0 aliphatic heterocycles. The molecule has 6 aromatic rings. The van der Waals surface area contributed by atoms with E-state index in [1.165, 1.54) is 0 Å². The van der Waals surface area contributed by atoms with Crippen molar-refractivity contribution in [2.24, 2.45) is 0 Å². The summed E-state index contributed by atoms with van der Waals surface area (Å²) in [4.78, 5) is 21.6. The molecule has 43 heavy (non-hydrogen) atoms. The van der Waals surface area contributed by atoms with E-state index in [9.17, 15) is 4.79 Å². The molecule has 9 heteroatoms. The lowest BCUT2D eigenvalue weighted by Crippen LogP contribution is -2.33. The average molecular weight is 589 g/mol. The molecule has 0 unspecified atom stereocenters. The van der Waals surface area contributed by atoms with Gasteiger partial charge in [-0.05, 0) is 66.9 Å². The number of pyridine rings is 1. The monoisotopic (exact) mass is 588 g/mol. The Hall–Kier alpha value is -4.89. The van der Waals surface area contributed by atoms with E-state index in [0.717, 1.165) is 44.9 Å². The lowest BCUT2D eigenvalue weighted by molar-refractivity contribution is -0.121. The quantitative estimate of drug-likeness (QED) is 0.170. The summed E-state index contributed by atoms with van der Waals surface area (Å²) in [6.45, 7) is 2.01. The van der Waals surface area contributed by atoms with E-state index in [1.54, 1.807) is 25.1 Å². The van der Waals surface area contributed by atoms with Gasteiger partial charge in [0.2, 0.25) is 5.91 Å². The number of aromatic amines is 1. The van der Waals surface area contributed by atoms with Crippen molar-refractivity contribution in [2.75, 3.05) is 7.11 Å². The maximum absolute atomic E-state index is 13.7. The van der Waals surface area contributed by atoms with Crippen LogP contribution < -0.4 is 10.1 Å². The van der Waals surface area contributed by atoms with Gasteiger partial charge in [0, 0.05) is 34.2 Å². The summed E-state index contributed by atoms with van der Waals surface area (Å²) < 4.78 is 7.43. The second-order valence-electron chi connectivity index (χ2n) is 10.2. The summed E-state index contributed by atoms with van der Waals surface area (Å²) in [5.74, 6) is 1.96. The standard InChI is InChI=1S/C34H32N6O2S/c1-23-29(28-13-6-7-14-30(28)36-23)21-32(41)37-31(20-24-10-4-3-5-11-24)33-38-39-34(43-22-25-12-8-9-19-35-25)40(33)26-15-17-27(42-2)18-16-26/h3-19,31,36H,20-22H2,1-2H3,(H,37,41)/t31-/m0/s1. The predicted octanol–water partition coefficient (Wildman–Crippen LogP) is 6.40. The smallest absolute Gasteiger partial charge is 0.225 e. The number of amides is 1. The number of nitrogens with one attached hydrogen (secondary N) is 2. The normalized spacial score (nSPS) is 11.9. The number of carbonyl (C=O) groups excluding carboxylic acids is 1. The maximum Gasteiger partial charge on any atom is 0.225 e. The molecular weight excluding hydrogens is 556 g/mol. The Morgan fingerprint density at radius 3 is 2.49 bits per heavy atom. The van der Waals surface area contributed by atoms with Gasteiger partial charge in [0.05, 0.1) is 25.3 Å². The van der Waals surface area contributed by atoms with Crippen LogP contribution in [-0.2, 0) is 23.4 Å². The van der Waals surface area contributed by atoms with Gasteiger partial charge in [0.1, 0.15) is 5.75 Å². The number of ether oxygens (including phenoxy) is 1. The number of benzene rings is 3. The van der Waals surface area contributed by atoms with Crippen LogP contribution in [0.5, 0.6) is 5.75 Å². The van der Waals surface area contributed by atoms with Crippen LogP contribution in [0.1, 0.15) is 34.4 Å². The highest BCUT2D eigenvalue weighted by molar-refractivity contribution is 7.98. The lowest BCUT2D eigenvalue weighted by Gasteiger charge is -2.20. The number of aryl methyl sites for hydroxylation is 1. The number of aromatic nitrogens is 5. The molecule has 0 fully saturated rings. The Labute approximate surface area is 254 Å². The average Bonchev–Trinajstić information content (AvgIpc) is 3.61. The molecule has 0 saturated heterocycles. The predicted molar refractivity (Wildman–Crippen MR) is 169 cm³/mol. The molecule has 6 rings (SSSR count). The molecule has 3 aromatic carbocycles. The molecule has 0 radical (unpaired) electrons. The summed E-state index contributed by atoms with van der Waals surface area (Å²) in [5, 5.41) is 14.4. The third-order valence-electron chi connectivity index (χ3n) is 7.36. The zero-order chi connectivity index (χ0) is 29.6. The van der Waals surface area contributed by atoms with E-state index in [4.69, 9.17) is 4.74 Å². The van der Waals surface area contributed by atoms with Crippen molar-refractivity contribution in [3.05, 3.63) is 132 Å². The Morgan fingerprint density at radius 1 is 0.953 bits per heavy atom. The topological polar surface area (TPSA) is 97.7 Å². The molecule has 3 aromatic heterocycles. The van der Waals surface area contributed by atoms with Gasteiger partial charge in [-0.2, -0.15) is 0 Å². The number of H-pyrrole nitrogens is 1. The lowest BCUT2D eigenvalue weighted by atomic mass is 10.0. The first kappa shape index (κ1) is 28.2. The number of hydrogen-bond acceptors (Lipinski definition) is 6. The van der Waals surface area contributed by atoms with Crippen molar-refractivity contribution in [1.82, 2.24) is 30.0 Å². The van der Waals surface area contributed by atoms with E-state index in [1.807, 2.05) is 96.4 Å². The molecule has 1 atom stereocenters. The van der Waals surface area contributed by atoms with E-state index in [2.05, 4.69) is 37.6 Å². The van der Waals surface area contributed by atoms with Gasteiger partial charge in [-0.1, -0.05) is 66.4 Å². The minimum atomic E-state index is -0.431. The number of rotatable bonds is 11. The van der Waals surface area contributed by atoms with Gasteiger partial charge < -0.3 is 15.0 Å². The van der Waals surface area contributed by atoms with Gasteiger partial charge in [-0.3, -0.25) is 14.3 Å². The number of thioether (sulfide) groups is 1. The second-order valence-corrected chi connectivity index (χ2v) is 11.2. The Kier molecular flexibility index (Phi) is 8.51. The Balaban J connectivity index is 1.36. The highest BCUT2D eigenvalue weighted by Crippen LogP contribution is 2.30. The zero-order valence-corrected chi connectivity index (χ0v) is 24.8. The summed E-state index contributed by atoms with van der Waals surface area (Å²) in [6, 6.07) is 31.4. The fraction of sp³-hybridized carbons (Fsp3) is 0.176. The van der Waals surface area contributed by atoms with Crippen molar-refractivity contribution in [2.45, 2.75) is 36.7 Å². The molecular formula is C34H32N6O2S. The van der Waals surface area contributed by atoms with Crippen LogP contribution in [0.2, 0.25) is 0 Å². The van der Waals surface area contributed by atoms with Crippen LogP contribution in [0.25, 0.3) is 16.6 Å². The highest BCUT2D eigenvalue weighted by atomic mass is 32.2. The van der Waals surface area contributed by atoms with E-state index in [-0.39, 0.29) is 12.3 Å². The molecule has 3 heterocycles. The Bertz CT molecular complexity index is 1820. The summed E-state index contributed by atoms with van der Waals surface area (Å²) in [7, 11) is 1.65. The zero-order valence-electron chi connectivity index (χ0n) is 24.0. The fourth-order valence-electron chi connectivity index (χ4n) is 5.22. The number of carbonyl (C=O) groups is 1. The van der Waals surface area contributed by atoms with Crippen LogP contribution in [-0.4, -0.2) is 37.7 Å². The summed E-state index contributed by atoms with van der Waals surface area (Å²) in [5.41, 5.74) is 5.92. The van der Waals surface area contributed by atoms with Gasteiger partial charge in [-0.25, -0.2) is 0 Å². The van der Waals surface area contributed by atoms with Gasteiger partial charge in [-0.15, -0.1) is 10.2 Å². The van der Waals surface area contributed by atoms with Crippen LogP contribution in [0.4, 0.5) is 0 Å². The van der Waals surface area contributed by atoms with E-state index < -0.39 is 6.04 Å². The van der Waals surface area contributed by atoms with Crippen molar-refractivity contribution >= 4 is 28.6 Å². The van der Waals surface area contributed by atoms with Crippen molar-refractivity contribution in [3.8, 4) is 11.4 Å². The molecule has 216 valence electrons. The molecule has 0 saturated carbocycles. The number of nitrogens with zero attached hydrogens (tertiary/aromatic N) is 4. The van der Waals surface area contributed by atoms with Crippen molar-refractivity contribution in [3.63, 3.8) is 0 Å². The summed E-state index contributed by atoms with van der Waals surface area (Å²) in [6.07, 6.45) is 2.59. The van der Waals surface area contributed by atoms with Gasteiger partial charge >= 0.3 is 0 Å². The molecule has 1 amide bonds. The fourth-order valence-corrected chi connectivity index (χ4v) is 6.10. The molecule has 8 nitrogen and oxygen atoms in total. The van der Waals surface area contributed by atoms with Crippen LogP contribution in [0.15, 0.2) is 108 Å². The molecule has 0 bridgehead atoms. The van der Waals surface area contributed by atoms with Crippen molar-refractivity contribution < 1.29 is 9.53 Å². The third-order valence-corrected chi connectivity index (χ3v) is 8.32. The minimum absolute atomic E-state index is 0.0826. The molecule has 0 spiro atoms. The van der Waals surface area contributed by atoms with Crippen LogP contribution in [0, 0.1) is 6.92 Å². The van der Waals surface area contributed by atoms with Crippen molar-refractivity contribution in [1.29, 1.82) is 0 Å². The Morgan fingerprint density at radius 2 is 1.72 bits per heavy atom. The molecule has 2 N–H and O–H groups in total. The first-order valence-electron chi connectivity index (χ1n) is 14.1. The third kappa shape index (κ3) is 6.47. The first-order chi connectivity index (χ1) is 21.1. The van der Waals surface area contributed by atoms with Gasteiger partial charge in [0.15, 0.2) is 11.0 Å².